The van der Waals surface area contributed by atoms with Gasteiger partial charge in [0.2, 0.25) is 0 Å². The Morgan fingerprint density at radius 3 is 1.37 bits per heavy atom. The van der Waals surface area contributed by atoms with E-state index in [-0.39, 0.29) is 21.1 Å². The minimum atomic E-state index is 0. The summed E-state index contributed by atoms with van der Waals surface area (Å²) in [5, 5.41) is 0.557. The average molecular weight is 603 g/mol. The van der Waals surface area contributed by atoms with Gasteiger partial charge in [-0.05, 0) is 45.0 Å². The second-order valence-corrected chi connectivity index (χ2v) is 5.05. The molecule has 0 atom stereocenters. The molecule has 0 fully saturated rings. The summed E-state index contributed by atoms with van der Waals surface area (Å²) >= 11 is 4.85. The Morgan fingerprint density at radius 1 is 0.767 bits per heavy atom. The van der Waals surface area contributed by atoms with Gasteiger partial charge in [-0.2, -0.15) is 0 Å². The summed E-state index contributed by atoms with van der Waals surface area (Å²) in [5.74, 6) is 0. The molecule has 0 bridgehead atoms. The topological polar surface area (TPSA) is 128 Å². The summed E-state index contributed by atoms with van der Waals surface area (Å²) in [6, 6.07) is 7.78. The van der Waals surface area contributed by atoms with Crippen LogP contribution in [0.4, 0.5) is 0 Å². The maximum Gasteiger partial charge on any atom is 0.0863 e. The number of hydrogen-bond acceptors (Lipinski definition) is 2. The van der Waals surface area contributed by atoms with Crippen LogP contribution in [0, 0.1) is 33.3 Å². The van der Waals surface area contributed by atoms with Crippen molar-refractivity contribution in [3.63, 3.8) is 0 Å². The van der Waals surface area contributed by atoms with Gasteiger partial charge >= 0.3 is 56.5 Å². The molecule has 2 rings (SSSR count). The molecule has 0 radical (unpaired) electrons. The Labute approximate surface area is 198 Å². The van der Waals surface area contributed by atoms with Crippen LogP contribution in [0.25, 0.3) is 11.0 Å². The molecule has 1 aromatic carbocycles. The molecule has 8 nitrogen and oxygen atoms in total. The molecule has 2 aromatic rings. The number of para-hydroxylation sites is 2. The van der Waals surface area contributed by atoms with Crippen molar-refractivity contribution >= 4 is 23.7 Å². The van der Waals surface area contributed by atoms with Gasteiger partial charge in [-0.15, -0.1) is 0 Å². The molecule has 0 amide bonds. The van der Waals surface area contributed by atoms with Crippen LogP contribution in [-0.4, -0.2) is 40.6 Å². The van der Waals surface area contributed by atoms with Crippen molar-refractivity contribution in [3.05, 3.63) is 57.5 Å². The van der Waals surface area contributed by atoms with Crippen molar-refractivity contribution in [2.45, 2.75) is 32.9 Å². The summed E-state index contributed by atoms with van der Waals surface area (Å²) < 4.78 is 38.8. The van der Waals surface area contributed by atoms with Crippen molar-refractivity contribution in [3.8, 4) is 0 Å². The van der Waals surface area contributed by atoms with Crippen LogP contribution in [0.1, 0.15) is 27.7 Å². The van der Waals surface area contributed by atoms with Gasteiger partial charge in [-0.1, -0.05) is 12.1 Å². The van der Waals surface area contributed by atoms with Gasteiger partial charge < -0.3 is 22.1 Å². The first kappa shape index (κ1) is 42.4. The summed E-state index contributed by atoms with van der Waals surface area (Å²) in [6.07, 6.45) is 0. The van der Waals surface area contributed by atoms with Crippen molar-refractivity contribution in [2.75, 3.05) is 26.2 Å². The largest absolute Gasteiger partial charge is 0.742 e. The molecule has 0 aliphatic heterocycles. The van der Waals surface area contributed by atoms with Gasteiger partial charge in [0.05, 0.1) is 37.2 Å². The standard InChI is InChI=1S/C8H20N.C7H6N2S.5CO.W/c1-5-9(6-2,7-3)8-4;10-7-8-5-3-1-2-4-6(5)9-7;5*1-2;/h5-8H2,1-4H3;1-4H,(H2,8,9,10);;;;;;/q+1;;;;;;;/p-1. The summed E-state index contributed by atoms with van der Waals surface area (Å²) in [6.45, 7) is 36.7. The SMILES string of the molecule is CC[N+](CC)(CC)CC.[C-]#[O+].[C-]#[O+].[C-]#[O+].[C-]#[O+].[C-]#[O+].[S-]c1nc2ccccc2[nH]1.[W]. The average Bonchev–Trinajstić information content (AvgIpc) is 3.23. The number of benzene rings is 1. The van der Waals surface area contributed by atoms with Crippen LogP contribution in [-0.2, 0) is 57.0 Å². The van der Waals surface area contributed by atoms with Gasteiger partial charge in [0.1, 0.15) is 0 Å². The fourth-order valence-corrected chi connectivity index (χ4v) is 2.48. The van der Waals surface area contributed by atoms with E-state index in [2.05, 4.69) is 70.9 Å². The zero-order valence-corrected chi connectivity index (χ0v) is 21.1. The molecule has 0 aliphatic rings. The number of aromatic nitrogens is 2. The molecular formula is C20H25N3O5SW. The number of nitrogens with zero attached hydrogens (tertiary/aromatic N) is 2. The van der Waals surface area contributed by atoms with E-state index in [1.165, 1.54) is 30.7 Å². The van der Waals surface area contributed by atoms with Gasteiger partial charge in [-0.3, -0.25) is 4.98 Å². The molecule has 162 valence electrons. The Balaban J connectivity index is -0.0000000666. The second-order valence-electron chi connectivity index (χ2n) is 4.67. The number of imidazole rings is 1. The smallest absolute Gasteiger partial charge is 0.0863 e. The molecule has 0 spiro atoms. The van der Waals surface area contributed by atoms with Crippen LogP contribution in [0.3, 0.4) is 0 Å². The molecule has 1 heterocycles. The Kier molecular flexibility index (Phi) is 49.1. The number of aromatic amines is 1. The molecule has 1 N–H and O–H groups in total. The Morgan fingerprint density at radius 2 is 1.10 bits per heavy atom. The minimum Gasteiger partial charge on any atom is -0.742 e. The maximum absolute atomic E-state index is 7.50. The van der Waals surface area contributed by atoms with E-state index in [0.717, 1.165) is 11.0 Å². The molecule has 0 saturated heterocycles. The van der Waals surface area contributed by atoms with E-state index >= 15 is 0 Å². The van der Waals surface area contributed by atoms with Gasteiger partial charge in [-0.25, -0.2) is 0 Å². The molecular weight excluding hydrogens is 578 g/mol. The zero-order valence-electron chi connectivity index (χ0n) is 17.4. The second kappa shape index (κ2) is 34.7. The van der Waals surface area contributed by atoms with Gasteiger partial charge in [0, 0.05) is 21.1 Å². The van der Waals surface area contributed by atoms with Crippen LogP contribution in [0.5, 0.6) is 0 Å². The first-order valence-corrected chi connectivity index (χ1v) is 8.50. The maximum atomic E-state index is 7.50. The van der Waals surface area contributed by atoms with E-state index in [1.54, 1.807) is 0 Å². The van der Waals surface area contributed by atoms with Crippen LogP contribution in [0.2, 0.25) is 0 Å². The fraction of sp³-hybridized carbons (Fsp3) is 0.400. The van der Waals surface area contributed by atoms with Crippen LogP contribution < -0.4 is 0 Å². The molecule has 10 heteroatoms. The predicted molar refractivity (Wildman–Crippen MR) is 104 cm³/mol. The van der Waals surface area contributed by atoms with Crippen LogP contribution in [0.15, 0.2) is 29.4 Å². The van der Waals surface area contributed by atoms with E-state index in [9.17, 15) is 0 Å². The third-order valence-corrected chi connectivity index (χ3v) is 4.24. The van der Waals surface area contributed by atoms with Gasteiger partial charge in [0.15, 0.2) is 0 Å². The monoisotopic (exact) mass is 603 g/mol. The Bertz CT molecular complexity index is 622. The van der Waals surface area contributed by atoms with Crippen molar-refractivity contribution in [1.29, 1.82) is 0 Å². The normalized spacial score (nSPS) is 7.40. The molecule has 0 saturated carbocycles. The third-order valence-electron chi connectivity index (χ3n) is 4.05. The van der Waals surface area contributed by atoms with Crippen molar-refractivity contribution < 1.29 is 48.8 Å². The first-order valence-electron chi connectivity index (χ1n) is 8.09. The number of fused-ring (bicyclic) bond motifs is 1. The quantitative estimate of drug-likeness (QED) is 0.250. The molecule has 1 aromatic heterocycles. The third kappa shape index (κ3) is 19.6. The minimum absolute atomic E-state index is 0. The number of rotatable bonds is 4. The van der Waals surface area contributed by atoms with E-state index in [4.69, 9.17) is 35.9 Å². The number of hydrogen-bond donors (Lipinski definition) is 1. The van der Waals surface area contributed by atoms with E-state index in [1.807, 2.05) is 24.3 Å². The van der Waals surface area contributed by atoms with Gasteiger partial charge in [0.25, 0.3) is 0 Å². The van der Waals surface area contributed by atoms with Crippen molar-refractivity contribution in [2.24, 2.45) is 0 Å². The van der Waals surface area contributed by atoms with E-state index < -0.39 is 0 Å². The summed E-state index contributed by atoms with van der Waals surface area (Å²) in [4.78, 5) is 7.03. The fourth-order valence-electron chi connectivity index (χ4n) is 2.27. The zero-order chi connectivity index (χ0) is 24.3. The number of quaternary nitrogens is 1. The predicted octanol–water partition coefficient (Wildman–Crippen LogP) is 3.16. The molecule has 0 aliphatic carbocycles. The summed E-state index contributed by atoms with van der Waals surface area (Å²) in [5.41, 5.74) is 1.94. The summed E-state index contributed by atoms with van der Waals surface area (Å²) in [7, 11) is 0. The number of nitrogens with one attached hydrogen (secondary N) is 1. The molecule has 0 unspecified atom stereocenters. The number of H-pyrrole nitrogens is 1. The van der Waals surface area contributed by atoms with E-state index in [0.29, 0.717) is 5.16 Å². The Hall–Kier alpha value is -1.74. The van der Waals surface area contributed by atoms with Crippen LogP contribution >= 0.6 is 0 Å². The molecule has 30 heavy (non-hydrogen) atoms. The first-order chi connectivity index (χ1) is 14.1. The van der Waals surface area contributed by atoms with Crippen molar-refractivity contribution in [1.82, 2.24) is 9.97 Å².